The molecule has 26 nitrogen and oxygen atoms in total. The standard InChI is InChI=1S/C54H70N16O10/c1-29(2)18-41(49(76)65-40(12-7-17-60-54(57)58)48(75)63-26-46(56)73)67-51(78)44(21-32-24-62-39-11-6-4-9-36(32)39)69-50(77)42(19-30-13-15-34(72)16-14-30)68-53(80)45(27-71)70-52(79)43(20-31-23-61-38-10-5-3-8-35(31)38)66-47(74)37(55)22-33-25-59-28-64-33/h3-6,8-11,13-16,23-25,28-29,37,40-45,61-62,71-72H,7,12,17-22,26-27,55H2,1-2H3,(H2,56,73)(H,59,64)(H,63,75)(H,65,76)(H,66,74)(H,67,78)(H,68,80)(H,69,77)(H,70,79)(H4,57,58,60)/t37-,40-,41-,42-,43-,44+,45-/m0/s1. The van der Waals surface area contributed by atoms with Crippen LogP contribution in [-0.2, 0) is 64.0 Å². The lowest BCUT2D eigenvalue weighted by Gasteiger charge is -2.28. The number of nitrogens with zero attached hydrogens (tertiary/aromatic N) is 2. The Labute approximate surface area is 459 Å². The normalized spacial score (nSPS) is 13.9. The summed E-state index contributed by atoms with van der Waals surface area (Å²) in [4.78, 5) is 128. The number of hydrogen-bond donors (Lipinski definition) is 16. The Morgan fingerprint density at radius 1 is 0.600 bits per heavy atom. The van der Waals surface area contributed by atoms with Crippen molar-refractivity contribution < 1.29 is 48.6 Å². The number of H-pyrrole nitrogens is 3. The molecule has 7 atom stereocenters. The number of aliphatic hydroxyl groups excluding tert-OH is 1. The molecule has 6 rings (SSSR count). The highest BCUT2D eigenvalue weighted by Gasteiger charge is 2.35. The first-order valence-electron chi connectivity index (χ1n) is 25.9. The fourth-order valence-electron chi connectivity index (χ4n) is 8.87. The number of nitrogens with two attached hydrogens (primary N) is 4. The van der Waals surface area contributed by atoms with Crippen molar-refractivity contribution >= 4 is 75.0 Å². The molecule has 0 radical (unpaired) electrons. The van der Waals surface area contributed by atoms with E-state index in [4.69, 9.17) is 22.9 Å². The van der Waals surface area contributed by atoms with E-state index in [-0.39, 0.29) is 69.1 Å². The number of fused-ring (bicyclic) bond motifs is 2. The monoisotopic (exact) mass is 1100 g/mol. The van der Waals surface area contributed by atoms with Crippen LogP contribution in [0.1, 0.15) is 55.5 Å². The first-order chi connectivity index (χ1) is 38.3. The van der Waals surface area contributed by atoms with Gasteiger partial charge in [-0.1, -0.05) is 62.4 Å². The number of amides is 8. The zero-order valence-electron chi connectivity index (χ0n) is 44.3. The van der Waals surface area contributed by atoms with Gasteiger partial charge in [0.2, 0.25) is 47.3 Å². The molecule has 8 amide bonds. The fourth-order valence-corrected chi connectivity index (χ4v) is 8.87. The number of phenolic OH excluding ortho intramolecular Hbond substituents is 1. The smallest absolute Gasteiger partial charge is 0.245 e. The Kier molecular flexibility index (Phi) is 21.6. The number of phenols is 1. The third-order valence-corrected chi connectivity index (χ3v) is 13.0. The van der Waals surface area contributed by atoms with E-state index >= 15 is 0 Å². The van der Waals surface area contributed by atoms with Gasteiger partial charge in [-0.2, -0.15) is 0 Å². The number of nitrogens with one attached hydrogen (secondary N) is 10. The van der Waals surface area contributed by atoms with Crippen LogP contribution in [0.5, 0.6) is 5.75 Å². The van der Waals surface area contributed by atoms with E-state index in [0.29, 0.717) is 22.4 Å². The van der Waals surface area contributed by atoms with Gasteiger partial charge in [0.1, 0.15) is 42.0 Å². The number of aliphatic hydroxyl groups is 1. The molecule has 0 aliphatic heterocycles. The highest BCUT2D eigenvalue weighted by Crippen LogP contribution is 2.22. The van der Waals surface area contributed by atoms with Gasteiger partial charge in [0.25, 0.3) is 0 Å². The highest BCUT2D eigenvalue weighted by atomic mass is 16.3. The number of primary amides is 1. The topological polar surface area (TPSA) is 438 Å². The van der Waals surface area contributed by atoms with Crippen molar-refractivity contribution in [2.75, 3.05) is 19.7 Å². The van der Waals surface area contributed by atoms with Gasteiger partial charge in [-0.3, -0.25) is 43.3 Å². The molecule has 0 saturated heterocycles. The van der Waals surface area contributed by atoms with Crippen LogP contribution < -0.4 is 60.2 Å². The minimum absolute atomic E-state index is 0.0216. The number of aromatic nitrogens is 4. The second-order valence-corrected chi connectivity index (χ2v) is 19.7. The summed E-state index contributed by atoms with van der Waals surface area (Å²) in [5.41, 5.74) is 26.2. The van der Waals surface area contributed by atoms with Crippen LogP contribution in [0.4, 0.5) is 0 Å². The summed E-state index contributed by atoms with van der Waals surface area (Å²) in [6.45, 7) is 2.25. The molecule has 0 aliphatic carbocycles. The number of benzene rings is 3. The highest BCUT2D eigenvalue weighted by molar-refractivity contribution is 5.98. The van der Waals surface area contributed by atoms with Crippen LogP contribution in [-0.4, -0.2) is 145 Å². The van der Waals surface area contributed by atoms with Crippen molar-refractivity contribution in [3.8, 4) is 5.75 Å². The molecule has 80 heavy (non-hydrogen) atoms. The van der Waals surface area contributed by atoms with Crippen molar-refractivity contribution in [3.05, 3.63) is 120 Å². The molecule has 0 bridgehead atoms. The van der Waals surface area contributed by atoms with E-state index in [1.54, 1.807) is 18.5 Å². The van der Waals surface area contributed by atoms with E-state index in [2.05, 4.69) is 62.1 Å². The van der Waals surface area contributed by atoms with Crippen LogP contribution >= 0.6 is 0 Å². The van der Waals surface area contributed by atoms with Crippen molar-refractivity contribution in [2.45, 2.75) is 101 Å². The molecule has 3 heterocycles. The maximum absolute atomic E-state index is 14.8. The van der Waals surface area contributed by atoms with E-state index in [1.165, 1.54) is 36.8 Å². The number of aromatic amines is 3. The minimum atomic E-state index is -1.70. The van der Waals surface area contributed by atoms with Crippen molar-refractivity contribution in [2.24, 2.45) is 33.8 Å². The predicted octanol–water partition coefficient (Wildman–Crippen LogP) is -1.72. The van der Waals surface area contributed by atoms with E-state index in [1.807, 2.05) is 56.3 Å². The Balaban J connectivity index is 1.26. The Bertz CT molecular complexity index is 3120. The van der Waals surface area contributed by atoms with Gasteiger partial charge in [0.15, 0.2) is 5.96 Å². The lowest BCUT2D eigenvalue weighted by molar-refractivity contribution is -0.136. The lowest BCUT2D eigenvalue weighted by atomic mass is 9.99. The zero-order chi connectivity index (χ0) is 57.9. The number of rotatable bonds is 30. The van der Waals surface area contributed by atoms with Crippen LogP contribution in [0.3, 0.4) is 0 Å². The molecule has 6 aromatic rings. The van der Waals surface area contributed by atoms with Gasteiger partial charge in [0, 0.05) is 78.3 Å². The fraction of sp³-hybridized carbons (Fsp3) is 0.370. The number of aliphatic imine (C=N–C) groups is 1. The number of carbonyl (C=O) groups excluding carboxylic acids is 8. The van der Waals surface area contributed by atoms with E-state index < -0.39 is 103 Å². The molecule has 426 valence electrons. The number of para-hydroxylation sites is 2. The van der Waals surface area contributed by atoms with Crippen molar-refractivity contribution in [1.29, 1.82) is 0 Å². The molecule has 0 unspecified atom stereocenters. The molecule has 3 aromatic carbocycles. The van der Waals surface area contributed by atoms with E-state index in [0.717, 1.165) is 21.8 Å². The third kappa shape index (κ3) is 17.6. The van der Waals surface area contributed by atoms with Gasteiger partial charge >= 0.3 is 0 Å². The summed E-state index contributed by atoms with van der Waals surface area (Å²) < 4.78 is 0. The number of guanidine groups is 1. The summed E-state index contributed by atoms with van der Waals surface area (Å²) in [7, 11) is 0. The molecule has 0 aliphatic rings. The Morgan fingerprint density at radius 2 is 1.10 bits per heavy atom. The minimum Gasteiger partial charge on any atom is -0.508 e. The number of hydrogen-bond acceptors (Lipinski definition) is 13. The van der Waals surface area contributed by atoms with Crippen LogP contribution in [0.2, 0.25) is 0 Å². The van der Waals surface area contributed by atoms with E-state index in [9.17, 15) is 48.6 Å². The average molecular weight is 1100 g/mol. The Hall–Kier alpha value is -9.30. The molecular formula is C54H70N16O10. The molecule has 0 fully saturated rings. The van der Waals surface area contributed by atoms with Gasteiger partial charge in [0.05, 0.1) is 25.5 Å². The maximum atomic E-state index is 14.8. The molecule has 0 saturated carbocycles. The molecule has 0 spiro atoms. The summed E-state index contributed by atoms with van der Waals surface area (Å²) in [6.07, 6.45) is 6.20. The number of imidazole rings is 1. The summed E-state index contributed by atoms with van der Waals surface area (Å²) in [5, 5.41) is 40.7. The van der Waals surface area contributed by atoms with Gasteiger partial charge < -0.3 is 85.3 Å². The van der Waals surface area contributed by atoms with Crippen LogP contribution in [0.25, 0.3) is 21.8 Å². The van der Waals surface area contributed by atoms with Crippen LogP contribution in [0.15, 0.2) is 103 Å². The van der Waals surface area contributed by atoms with Crippen molar-refractivity contribution in [3.63, 3.8) is 0 Å². The number of aromatic hydroxyl groups is 1. The average Bonchev–Trinajstić information content (AvgIpc) is 4.25. The first kappa shape index (κ1) is 59.9. The number of carbonyl (C=O) groups is 8. The van der Waals surface area contributed by atoms with Crippen molar-refractivity contribution in [1.82, 2.24) is 57.2 Å². The lowest BCUT2D eigenvalue weighted by Crippen LogP contribution is -2.61. The quantitative estimate of drug-likeness (QED) is 0.0136. The SMILES string of the molecule is CC(C)C[C@H](NC(=O)[C@@H](Cc1c[nH]c2ccccc12)NC(=O)[C@H](Cc1ccc(O)cc1)NC(=O)[C@H](CO)NC(=O)[C@H](Cc1c[nH]c2ccccc12)NC(=O)[C@@H](N)Cc1cnc[nH]1)C(=O)N[C@@H](CCCN=C(N)N)C(=O)NCC(N)=O. The van der Waals surface area contributed by atoms with Gasteiger partial charge in [-0.25, -0.2) is 4.98 Å². The summed E-state index contributed by atoms with van der Waals surface area (Å²) in [5.74, 6) is -7.10. The van der Waals surface area contributed by atoms with Gasteiger partial charge in [-0.05, 0) is 66.1 Å². The largest absolute Gasteiger partial charge is 0.508 e. The van der Waals surface area contributed by atoms with Gasteiger partial charge in [-0.15, -0.1) is 0 Å². The second-order valence-electron chi connectivity index (χ2n) is 19.7. The third-order valence-electron chi connectivity index (χ3n) is 13.0. The Morgan fingerprint density at radius 3 is 1.62 bits per heavy atom. The molecule has 26 heteroatoms. The predicted molar refractivity (Wildman–Crippen MR) is 296 cm³/mol. The maximum Gasteiger partial charge on any atom is 0.245 e. The second kappa shape index (κ2) is 28.9. The molecule has 3 aromatic heterocycles. The summed E-state index contributed by atoms with van der Waals surface area (Å²) in [6, 6.07) is 10.7. The molecular weight excluding hydrogens is 1030 g/mol. The zero-order valence-corrected chi connectivity index (χ0v) is 44.3. The van der Waals surface area contributed by atoms with Crippen LogP contribution in [0, 0.1) is 5.92 Å². The first-order valence-corrected chi connectivity index (χ1v) is 25.9. The molecule has 20 N–H and O–H groups in total. The summed E-state index contributed by atoms with van der Waals surface area (Å²) >= 11 is 0.